The maximum atomic E-state index is 5.91. The Hall–Kier alpha value is -0.790. The van der Waals surface area contributed by atoms with Crippen molar-refractivity contribution in [3.63, 3.8) is 0 Å². The predicted octanol–water partition coefficient (Wildman–Crippen LogP) is 3.92. The second kappa shape index (κ2) is 13.6. The molecule has 0 atom stereocenters. The smallest absolute Gasteiger partial charge is 0.189 e. The van der Waals surface area contributed by atoms with Crippen molar-refractivity contribution in [3.8, 4) is 0 Å². The van der Waals surface area contributed by atoms with E-state index in [2.05, 4.69) is 40.6 Å². The molecule has 0 saturated heterocycles. The van der Waals surface area contributed by atoms with Gasteiger partial charge in [-0.15, -0.1) is 24.0 Å². The molecule has 0 radical (unpaired) electrons. The second-order valence-corrected chi connectivity index (χ2v) is 6.29. The van der Waals surface area contributed by atoms with Crippen LogP contribution in [0.2, 0.25) is 0 Å². The summed E-state index contributed by atoms with van der Waals surface area (Å²) in [5.74, 6) is 2.09. The van der Waals surface area contributed by atoms with E-state index in [1.807, 2.05) is 12.4 Å². The van der Waals surface area contributed by atoms with Crippen LogP contribution in [0.4, 0.5) is 0 Å². The van der Waals surface area contributed by atoms with Crippen molar-refractivity contribution in [3.05, 3.63) is 18.2 Å². The Balaban J connectivity index is 0.00000484. The van der Waals surface area contributed by atoms with Crippen molar-refractivity contribution in [2.24, 2.45) is 16.6 Å². The Bertz CT molecular complexity index is 428. The molecule has 5 nitrogen and oxygen atoms in total. The molecule has 134 valence electrons. The minimum atomic E-state index is 0. The molecule has 0 amide bonds. The molecule has 0 fully saturated rings. The van der Waals surface area contributed by atoms with Crippen LogP contribution in [0.3, 0.4) is 0 Å². The zero-order valence-corrected chi connectivity index (χ0v) is 17.3. The maximum Gasteiger partial charge on any atom is 0.189 e. The van der Waals surface area contributed by atoms with E-state index in [-0.39, 0.29) is 24.0 Å². The largest absolute Gasteiger partial charge is 0.370 e. The fourth-order valence-corrected chi connectivity index (χ4v) is 2.38. The Labute approximate surface area is 158 Å². The molecule has 3 N–H and O–H groups in total. The highest BCUT2D eigenvalue weighted by molar-refractivity contribution is 14.0. The SMILES string of the molecule is CCCCCCCCNC(N)=NCc1nccn1CC(C)C.I. The highest BCUT2D eigenvalue weighted by Gasteiger charge is 2.04. The number of halogens is 1. The number of hydrogen-bond acceptors (Lipinski definition) is 2. The number of aromatic nitrogens is 2. The van der Waals surface area contributed by atoms with E-state index in [4.69, 9.17) is 5.73 Å². The van der Waals surface area contributed by atoms with Gasteiger partial charge >= 0.3 is 0 Å². The third-order valence-electron chi connectivity index (χ3n) is 3.59. The number of nitrogens with zero attached hydrogens (tertiary/aromatic N) is 3. The van der Waals surface area contributed by atoms with Gasteiger partial charge in [-0.2, -0.15) is 0 Å². The van der Waals surface area contributed by atoms with Gasteiger partial charge in [-0.05, 0) is 12.3 Å². The lowest BCUT2D eigenvalue weighted by Crippen LogP contribution is -2.32. The third kappa shape index (κ3) is 10.6. The first-order valence-corrected chi connectivity index (χ1v) is 8.67. The first-order chi connectivity index (χ1) is 10.6. The van der Waals surface area contributed by atoms with Crippen LogP contribution in [0.1, 0.15) is 65.1 Å². The molecule has 1 heterocycles. The fraction of sp³-hybridized carbons (Fsp3) is 0.765. The molecule has 0 aliphatic carbocycles. The van der Waals surface area contributed by atoms with Gasteiger partial charge < -0.3 is 15.6 Å². The summed E-state index contributed by atoms with van der Waals surface area (Å²) in [5.41, 5.74) is 5.91. The third-order valence-corrected chi connectivity index (χ3v) is 3.59. The molecular formula is C17H34IN5. The first kappa shape index (κ1) is 22.2. The van der Waals surface area contributed by atoms with Crippen LogP contribution in [0.15, 0.2) is 17.4 Å². The van der Waals surface area contributed by atoms with Crippen molar-refractivity contribution >= 4 is 29.9 Å². The molecule has 1 aromatic rings. The van der Waals surface area contributed by atoms with E-state index in [9.17, 15) is 0 Å². The number of guanidine groups is 1. The average Bonchev–Trinajstić information content (AvgIpc) is 2.90. The number of hydrogen-bond donors (Lipinski definition) is 2. The molecule has 0 bridgehead atoms. The molecule has 1 aromatic heterocycles. The van der Waals surface area contributed by atoms with E-state index < -0.39 is 0 Å². The molecule has 0 aliphatic rings. The number of nitrogens with two attached hydrogens (primary N) is 1. The lowest BCUT2D eigenvalue weighted by atomic mass is 10.1. The molecule has 0 unspecified atom stereocenters. The summed E-state index contributed by atoms with van der Waals surface area (Å²) >= 11 is 0. The lowest BCUT2D eigenvalue weighted by molar-refractivity contribution is 0.507. The first-order valence-electron chi connectivity index (χ1n) is 8.67. The Morgan fingerprint density at radius 3 is 2.65 bits per heavy atom. The molecule has 6 heteroatoms. The quantitative estimate of drug-likeness (QED) is 0.240. The molecule has 0 aromatic carbocycles. The van der Waals surface area contributed by atoms with Crippen LogP contribution >= 0.6 is 24.0 Å². The fourth-order valence-electron chi connectivity index (χ4n) is 2.38. The summed E-state index contributed by atoms with van der Waals surface area (Å²) in [6, 6.07) is 0. The summed E-state index contributed by atoms with van der Waals surface area (Å²) in [6.07, 6.45) is 11.6. The second-order valence-electron chi connectivity index (χ2n) is 6.29. The maximum absolute atomic E-state index is 5.91. The van der Waals surface area contributed by atoms with E-state index in [1.54, 1.807) is 0 Å². The Morgan fingerprint density at radius 1 is 1.26 bits per heavy atom. The number of rotatable bonds is 11. The molecule has 0 aliphatic heterocycles. The van der Waals surface area contributed by atoms with Crippen molar-refractivity contribution in [2.75, 3.05) is 6.54 Å². The van der Waals surface area contributed by atoms with Crippen LogP contribution in [0, 0.1) is 5.92 Å². The van der Waals surface area contributed by atoms with Gasteiger partial charge in [0, 0.05) is 25.5 Å². The van der Waals surface area contributed by atoms with Crippen LogP contribution in [0.5, 0.6) is 0 Å². The Kier molecular flexibility index (Phi) is 13.2. The Morgan fingerprint density at radius 2 is 1.96 bits per heavy atom. The topological polar surface area (TPSA) is 68.2 Å². The van der Waals surface area contributed by atoms with Crippen molar-refractivity contribution in [1.29, 1.82) is 0 Å². The molecule has 1 rings (SSSR count). The van der Waals surface area contributed by atoms with E-state index >= 15 is 0 Å². The predicted molar refractivity (Wildman–Crippen MR) is 109 cm³/mol. The monoisotopic (exact) mass is 435 g/mol. The van der Waals surface area contributed by atoms with E-state index in [0.29, 0.717) is 18.4 Å². The number of aliphatic imine (C=N–C) groups is 1. The van der Waals surface area contributed by atoms with Gasteiger partial charge in [0.1, 0.15) is 12.4 Å². The van der Waals surface area contributed by atoms with Crippen LogP contribution in [-0.4, -0.2) is 22.1 Å². The zero-order chi connectivity index (χ0) is 16.2. The van der Waals surface area contributed by atoms with Crippen molar-refractivity contribution < 1.29 is 0 Å². The van der Waals surface area contributed by atoms with Gasteiger partial charge in [-0.1, -0.05) is 52.9 Å². The summed E-state index contributed by atoms with van der Waals surface area (Å²) in [6.45, 7) is 9.05. The summed E-state index contributed by atoms with van der Waals surface area (Å²) in [4.78, 5) is 8.73. The van der Waals surface area contributed by atoms with Gasteiger partial charge in [0.2, 0.25) is 0 Å². The number of nitrogens with one attached hydrogen (secondary N) is 1. The van der Waals surface area contributed by atoms with E-state index in [1.165, 1.54) is 32.1 Å². The lowest BCUT2D eigenvalue weighted by Gasteiger charge is -2.09. The zero-order valence-electron chi connectivity index (χ0n) is 14.9. The number of unbranched alkanes of at least 4 members (excludes halogenated alkanes) is 5. The van der Waals surface area contributed by atoms with E-state index in [0.717, 1.165) is 25.3 Å². The van der Waals surface area contributed by atoms with Crippen LogP contribution in [0.25, 0.3) is 0 Å². The highest BCUT2D eigenvalue weighted by atomic mass is 127. The summed E-state index contributed by atoms with van der Waals surface area (Å²) in [5, 5.41) is 3.19. The van der Waals surface area contributed by atoms with Gasteiger partial charge in [0.15, 0.2) is 5.96 Å². The summed E-state index contributed by atoms with van der Waals surface area (Å²) in [7, 11) is 0. The van der Waals surface area contributed by atoms with Crippen molar-refractivity contribution in [1.82, 2.24) is 14.9 Å². The van der Waals surface area contributed by atoms with Crippen LogP contribution < -0.4 is 11.1 Å². The van der Waals surface area contributed by atoms with Gasteiger partial charge in [0.05, 0.1) is 0 Å². The molecule has 0 saturated carbocycles. The molecule has 23 heavy (non-hydrogen) atoms. The average molecular weight is 435 g/mol. The minimum absolute atomic E-state index is 0. The highest BCUT2D eigenvalue weighted by Crippen LogP contribution is 2.05. The molecular weight excluding hydrogens is 401 g/mol. The van der Waals surface area contributed by atoms with Gasteiger partial charge in [-0.3, -0.25) is 0 Å². The normalized spacial score (nSPS) is 11.6. The summed E-state index contributed by atoms with van der Waals surface area (Å²) < 4.78 is 2.15. The van der Waals surface area contributed by atoms with Crippen molar-refractivity contribution in [2.45, 2.75) is 72.4 Å². The van der Waals surface area contributed by atoms with Crippen LogP contribution in [-0.2, 0) is 13.1 Å². The standard InChI is InChI=1S/C17H33N5.HI/c1-4-5-6-7-8-9-10-20-17(18)21-13-16-19-11-12-22(16)14-15(2)3;/h11-12,15H,4-10,13-14H2,1-3H3,(H3,18,20,21);1H. The number of imidazole rings is 1. The minimum Gasteiger partial charge on any atom is -0.370 e. The van der Waals surface area contributed by atoms with Gasteiger partial charge in [0.25, 0.3) is 0 Å². The van der Waals surface area contributed by atoms with Gasteiger partial charge in [-0.25, -0.2) is 9.98 Å². The molecule has 0 spiro atoms.